The number of ether oxygens (including phenoxy) is 1. The van der Waals surface area contributed by atoms with Gasteiger partial charge in [-0.2, -0.15) is 5.10 Å². The molecule has 7 heteroatoms. The third kappa shape index (κ3) is 5.30. The van der Waals surface area contributed by atoms with Gasteiger partial charge < -0.3 is 14.7 Å². The van der Waals surface area contributed by atoms with Gasteiger partial charge in [0.1, 0.15) is 5.75 Å². The molecule has 0 radical (unpaired) electrons. The first-order chi connectivity index (χ1) is 16.4. The Bertz CT molecular complexity index is 1180. The van der Waals surface area contributed by atoms with Crippen LogP contribution in [0.4, 0.5) is 5.69 Å². The molecule has 0 bridgehead atoms. The van der Waals surface area contributed by atoms with Gasteiger partial charge in [0.15, 0.2) is 0 Å². The van der Waals surface area contributed by atoms with Crippen LogP contribution in [0.15, 0.2) is 48.8 Å². The van der Waals surface area contributed by atoms with E-state index in [9.17, 15) is 9.59 Å². The van der Waals surface area contributed by atoms with E-state index in [0.717, 1.165) is 46.5 Å². The number of hydrogen-bond acceptors (Lipinski definition) is 4. The largest absolute Gasteiger partial charge is 0.493 e. The second-order valence-corrected chi connectivity index (χ2v) is 8.74. The van der Waals surface area contributed by atoms with E-state index in [1.54, 1.807) is 10.9 Å². The SMILES string of the molecule is Cc1cccc(OCCCC(=O)N2CCCc3c(-c4cnn(CCC(=O)O)c4)cccc32)c1C. The second kappa shape index (κ2) is 10.5. The molecule has 0 saturated heterocycles. The number of anilines is 1. The quantitative estimate of drug-likeness (QED) is 0.464. The molecule has 1 amide bonds. The summed E-state index contributed by atoms with van der Waals surface area (Å²) in [6.45, 7) is 5.67. The number of carboxylic acid groups (broad SMARTS) is 1. The highest BCUT2D eigenvalue weighted by Gasteiger charge is 2.24. The van der Waals surface area contributed by atoms with Gasteiger partial charge in [-0.3, -0.25) is 14.3 Å². The topological polar surface area (TPSA) is 84.7 Å². The maximum atomic E-state index is 13.1. The Hall–Kier alpha value is -3.61. The summed E-state index contributed by atoms with van der Waals surface area (Å²) >= 11 is 0. The van der Waals surface area contributed by atoms with E-state index in [2.05, 4.69) is 18.1 Å². The molecule has 1 aromatic heterocycles. The summed E-state index contributed by atoms with van der Waals surface area (Å²) in [5, 5.41) is 13.2. The lowest BCUT2D eigenvalue weighted by molar-refractivity contribution is -0.137. The summed E-state index contributed by atoms with van der Waals surface area (Å²) in [6, 6.07) is 12.0. The van der Waals surface area contributed by atoms with Crippen molar-refractivity contribution in [3.05, 3.63) is 65.5 Å². The summed E-state index contributed by atoms with van der Waals surface area (Å²) in [5.41, 5.74) is 6.43. The van der Waals surface area contributed by atoms with Crippen molar-refractivity contribution >= 4 is 17.6 Å². The van der Waals surface area contributed by atoms with Gasteiger partial charge in [-0.05, 0) is 67.5 Å². The van der Waals surface area contributed by atoms with Crippen LogP contribution in [0.1, 0.15) is 42.4 Å². The number of fused-ring (bicyclic) bond motifs is 1. The maximum Gasteiger partial charge on any atom is 0.305 e. The summed E-state index contributed by atoms with van der Waals surface area (Å²) in [4.78, 5) is 25.8. The number of carbonyl (C=O) groups is 2. The molecular formula is C27H31N3O4. The molecule has 0 fully saturated rings. The summed E-state index contributed by atoms with van der Waals surface area (Å²) < 4.78 is 7.58. The Labute approximate surface area is 200 Å². The minimum absolute atomic E-state index is 0.0312. The average molecular weight is 462 g/mol. The Morgan fingerprint density at radius 1 is 1.12 bits per heavy atom. The fourth-order valence-electron chi connectivity index (χ4n) is 4.41. The standard InChI is InChI=1S/C27H31N3O4/c1-19-7-3-11-25(20(19)2)34-16-6-12-26(31)30-14-5-9-23-22(8-4-10-24(23)30)21-17-28-29(18-21)15-13-27(32)33/h3-4,7-8,10-11,17-18H,5-6,9,12-16H2,1-2H3,(H,32,33). The lowest BCUT2D eigenvalue weighted by atomic mass is 9.93. The predicted molar refractivity (Wildman–Crippen MR) is 131 cm³/mol. The summed E-state index contributed by atoms with van der Waals surface area (Å²) in [5.74, 6) is 0.145. The number of rotatable bonds is 9. The van der Waals surface area contributed by atoms with Crippen LogP contribution in [0.2, 0.25) is 0 Å². The van der Waals surface area contributed by atoms with Gasteiger partial charge in [0.05, 0.1) is 25.8 Å². The number of aryl methyl sites for hydroxylation is 2. The van der Waals surface area contributed by atoms with Crippen LogP contribution in [0.5, 0.6) is 5.75 Å². The highest BCUT2D eigenvalue weighted by molar-refractivity contribution is 5.96. The molecule has 1 aliphatic rings. The molecule has 0 unspecified atom stereocenters. The zero-order chi connectivity index (χ0) is 24.1. The van der Waals surface area contributed by atoms with Crippen LogP contribution in [0.25, 0.3) is 11.1 Å². The molecule has 34 heavy (non-hydrogen) atoms. The number of amides is 1. The van der Waals surface area contributed by atoms with Crippen LogP contribution in [-0.4, -0.2) is 39.9 Å². The number of carbonyl (C=O) groups excluding carboxylic acids is 1. The van der Waals surface area contributed by atoms with Crippen molar-refractivity contribution in [2.75, 3.05) is 18.1 Å². The Kier molecular flexibility index (Phi) is 7.30. The maximum absolute atomic E-state index is 13.1. The molecule has 7 nitrogen and oxygen atoms in total. The highest BCUT2D eigenvalue weighted by atomic mass is 16.5. The van der Waals surface area contributed by atoms with Crippen LogP contribution < -0.4 is 9.64 Å². The number of aromatic nitrogens is 2. The van der Waals surface area contributed by atoms with Crippen molar-refractivity contribution in [3.8, 4) is 16.9 Å². The van der Waals surface area contributed by atoms with Gasteiger partial charge in [-0.15, -0.1) is 0 Å². The molecule has 1 N–H and O–H groups in total. The number of nitrogens with zero attached hydrogens (tertiary/aromatic N) is 3. The van der Waals surface area contributed by atoms with Gasteiger partial charge in [0, 0.05) is 30.4 Å². The molecule has 0 spiro atoms. The highest BCUT2D eigenvalue weighted by Crippen LogP contribution is 2.35. The van der Waals surface area contributed by atoms with Crippen LogP contribution in [-0.2, 0) is 22.6 Å². The van der Waals surface area contributed by atoms with Crippen molar-refractivity contribution < 1.29 is 19.4 Å². The smallest absolute Gasteiger partial charge is 0.305 e. The summed E-state index contributed by atoms with van der Waals surface area (Å²) in [6.07, 6.45) is 6.57. The van der Waals surface area contributed by atoms with Gasteiger partial charge in [0.2, 0.25) is 5.91 Å². The van der Waals surface area contributed by atoms with E-state index in [0.29, 0.717) is 32.5 Å². The monoisotopic (exact) mass is 461 g/mol. The Balaban J connectivity index is 1.41. The fourth-order valence-corrected chi connectivity index (χ4v) is 4.41. The second-order valence-electron chi connectivity index (χ2n) is 8.74. The van der Waals surface area contributed by atoms with Crippen molar-refractivity contribution in [3.63, 3.8) is 0 Å². The van der Waals surface area contributed by atoms with Gasteiger partial charge >= 0.3 is 5.97 Å². The van der Waals surface area contributed by atoms with Gasteiger partial charge in [0.25, 0.3) is 0 Å². The third-order valence-corrected chi connectivity index (χ3v) is 6.40. The fraction of sp³-hybridized carbons (Fsp3) is 0.370. The molecule has 2 heterocycles. The first-order valence-electron chi connectivity index (χ1n) is 11.8. The summed E-state index contributed by atoms with van der Waals surface area (Å²) in [7, 11) is 0. The number of carboxylic acids is 1. The van der Waals surface area contributed by atoms with Gasteiger partial charge in [-0.1, -0.05) is 24.3 Å². The predicted octanol–water partition coefficient (Wildman–Crippen LogP) is 4.78. The van der Waals surface area contributed by atoms with Crippen LogP contribution in [0, 0.1) is 13.8 Å². The van der Waals surface area contributed by atoms with Crippen molar-refractivity contribution in [1.82, 2.24) is 9.78 Å². The lowest BCUT2D eigenvalue weighted by Gasteiger charge is -2.31. The van der Waals surface area contributed by atoms with Gasteiger partial charge in [-0.25, -0.2) is 0 Å². The normalized spacial score (nSPS) is 12.9. The number of benzene rings is 2. The number of aliphatic carboxylic acids is 1. The van der Waals surface area contributed by atoms with E-state index in [4.69, 9.17) is 9.84 Å². The van der Waals surface area contributed by atoms with Crippen molar-refractivity contribution in [2.24, 2.45) is 0 Å². The Morgan fingerprint density at radius 3 is 2.76 bits per heavy atom. The molecule has 0 atom stereocenters. The molecule has 0 saturated carbocycles. The zero-order valence-electron chi connectivity index (χ0n) is 19.8. The number of hydrogen-bond donors (Lipinski definition) is 1. The van der Waals surface area contributed by atoms with Crippen LogP contribution in [0.3, 0.4) is 0 Å². The van der Waals surface area contributed by atoms with Crippen LogP contribution >= 0.6 is 0 Å². The van der Waals surface area contributed by atoms with Crippen molar-refractivity contribution in [2.45, 2.75) is 52.5 Å². The first-order valence-corrected chi connectivity index (χ1v) is 11.8. The minimum atomic E-state index is -0.845. The van der Waals surface area contributed by atoms with E-state index in [-0.39, 0.29) is 12.3 Å². The molecule has 4 rings (SSSR count). The Morgan fingerprint density at radius 2 is 1.94 bits per heavy atom. The molecule has 2 aromatic carbocycles. The van der Waals surface area contributed by atoms with E-state index >= 15 is 0 Å². The average Bonchev–Trinajstić information content (AvgIpc) is 3.31. The molecule has 3 aromatic rings. The zero-order valence-corrected chi connectivity index (χ0v) is 19.8. The molecule has 1 aliphatic heterocycles. The third-order valence-electron chi connectivity index (χ3n) is 6.40. The first kappa shape index (κ1) is 23.5. The van der Waals surface area contributed by atoms with Crippen molar-refractivity contribution in [1.29, 1.82) is 0 Å². The van der Waals surface area contributed by atoms with E-state index in [1.807, 2.05) is 48.4 Å². The minimum Gasteiger partial charge on any atom is -0.493 e. The molecule has 178 valence electrons. The lowest BCUT2D eigenvalue weighted by Crippen LogP contribution is -2.35. The molecule has 0 aliphatic carbocycles. The van der Waals surface area contributed by atoms with E-state index < -0.39 is 5.97 Å². The molecular weight excluding hydrogens is 430 g/mol. The van der Waals surface area contributed by atoms with E-state index in [1.165, 1.54) is 5.56 Å².